The summed E-state index contributed by atoms with van der Waals surface area (Å²) in [5, 5.41) is 12.6. The Kier molecular flexibility index (Phi) is 6.13. The van der Waals surface area contributed by atoms with Gasteiger partial charge in [0.15, 0.2) is 4.34 Å². The SMILES string of the molecule is COc1cccc(Nc2nnc(SCCN3CCCCC3)s2)c1. The molecule has 0 bridgehead atoms. The van der Waals surface area contributed by atoms with Crippen LogP contribution in [0.3, 0.4) is 0 Å². The summed E-state index contributed by atoms with van der Waals surface area (Å²) in [6.45, 7) is 3.64. The molecule has 1 saturated heterocycles. The number of methoxy groups -OCH3 is 1. The number of aromatic nitrogens is 2. The molecule has 5 nitrogen and oxygen atoms in total. The molecule has 124 valence electrons. The lowest BCUT2D eigenvalue weighted by molar-refractivity contribution is 0.242. The number of anilines is 2. The summed E-state index contributed by atoms with van der Waals surface area (Å²) in [6, 6.07) is 7.82. The van der Waals surface area contributed by atoms with Crippen LogP contribution in [-0.2, 0) is 0 Å². The molecule has 0 saturated carbocycles. The number of rotatable bonds is 7. The maximum absolute atomic E-state index is 5.23. The van der Waals surface area contributed by atoms with Crippen molar-refractivity contribution in [3.63, 3.8) is 0 Å². The van der Waals surface area contributed by atoms with Gasteiger partial charge in [-0.2, -0.15) is 0 Å². The van der Waals surface area contributed by atoms with Gasteiger partial charge in [-0.25, -0.2) is 0 Å². The molecule has 1 aromatic heterocycles. The van der Waals surface area contributed by atoms with E-state index in [0.29, 0.717) is 0 Å². The smallest absolute Gasteiger partial charge is 0.210 e. The molecule has 1 fully saturated rings. The number of piperidine rings is 1. The van der Waals surface area contributed by atoms with Crippen LogP contribution in [-0.4, -0.2) is 47.6 Å². The predicted octanol–water partition coefficient (Wildman–Crippen LogP) is 3.87. The Labute approximate surface area is 145 Å². The lowest BCUT2D eigenvalue weighted by Crippen LogP contribution is -2.31. The van der Waals surface area contributed by atoms with Crippen molar-refractivity contribution in [3.8, 4) is 5.75 Å². The molecule has 1 aliphatic heterocycles. The first-order chi connectivity index (χ1) is 11.3. The van der Waals surface area contributed by atoms with Crippen molar-refractivity contribution >= 4 is 33.9 Å². The van der Waals surface area contributed by atoms with E-state index in [1.54, 1.807) is 30.2 Å². The molecule has 3 rings (SSSR count). The Morgan fingerprint density at radius 2 is 2.13 bits per heavy atom. The highest BCUT2D eigenvalue weighted by Crippen LogP contribution is 2.28. The third-order valence-corrected chi connectivity index (χ3v) is 5.76. The summed E-state index contributed by atoms with van der Waals surface area (Å²) < 4.78 is 6.25. The minimum absolute atomic E-state index is 0.818. The molecular weight excluding hydrogens is 328 g/mol. The first-order valence-corrected chi connectivity index (χ1v) is 9.73. The van der Waals surface area contributed by atoms with Crippen LogP contribution in [0.25, 0.3) is 0 Å². The molecule has 0 radical (unpaired) electrons. The summed E-state index contributed by atoms with van der Waals surface area (Å²) in [6.07, 6.45) is 4.08. The highest BCUT2D eigenvalue weighted by molar-refractivity contribution is 8.01. The second kappa shape index (κ2) is 8.52. The zero-order valence-electron chi connectivity index (χ0n) is 13.3. The van der Waals surface area contributed by atoms with Gasteiger partial charge in [-0.3, -0.25) is 0 Å². The third-order valence-electron chi connectivity index (χ3n) is 3.81. The van der Waals surface area contributed by atoms with Crippen LogP contribution in [0.5, 0.6) is 5.75 Å². The Morgan fingerprint density at radius 1 is 1.26 bits per heavy atom. The molecule has 1 aliphatic rings. The Balaban J connectivity index is 1.47. The van der Waals surface area contributed by atoms with Crippen molar-refractivity contribution in [1.82, 2.24) is 15.1 Å². The van der Waals surface area contributed by atoms with E-state index in [0.717, 1.165) is 33.2 Å². The molecule has 2 heterocycles. The number of thioether (sulfide) groups is 1. The van der Waals surface area contributed by atoms with Gasteiger partial charge in [-0.1, -0.05) is 35.6 Å². The molecule has 7 heteroatoms. The number of hydrogen-bond donors (Lipinski definition) is 1. The van der Waals surface area contributed by atoms with Crippen LogP contribution in [0.1, 0.15) is 19.3 Å². The lowest BCUT2D eigenvalue weighted by Gasteiger charge is -2.25. The largest absolute Gasteiger partial charge is 0.497 e. The molecule has 0 unspecified atom stereocenters. The van der Waals surface area contributed by atoms with E-state index in [9.17, 15) is 0 Å². The van der Waals surface area contributed by atoms with E-state index in [-0.39, 0.29) is 0 Å². The fourth-order valence-electron chi connectivity index (χ4n) is 2.59. The van der Waals surface area contributed by atoms with Crippen molar-refractivity contribution in [2.45, 2.75) is 23.6 Å². The van der Waals surface area contributed by atoms with Gasteiger partial charge in [0, 0.05) is 24.1 Å². The molecule has 1 N–H and O–H groups in total. The fourth-order valence-corrected chi connectivity index (χ4v) is 4.43. The number of nitrogens with zero attached hydrogens (tertiary/aromatic N) is 3. The topological polar surface area (TPSA) is 50.3 Å². The van der Waals surface area contributed by atoms with Crippen LogP contribution >= 0.6 is 23.1 Å². The van der Waals surface area contributed by atoms with E-state index in [1.807, 2.05) is 24.3 Å². The van der Waals surface area contributed by atoms with Crippen molar-refractivity contribution < 1.29 is 4.74 Å². The number of ether oxygens (including phenoxy) is 1. The monoisotopic (exact) mass is 350 g/mol. The zero-order chi connectivity index (χ0) is 15.9. The molecule has 0 amide bonds. The zero-order valence-corrected chi connectivity index (χ0v) is 15.0. The third kappa shape index (κ3) is 5.09. The summed E-state index contributed by atoms with van der Waals surface area (Å²) >= 11 is 3.39. The predicted molar refractivity (Wildman–Crippen MR) is 97.2 cm³/mol. The minimum Gasteiger partial charge on any atom is -0.497 e. The van der Waals surface area contributed by atoms with Gasteiger partial charge in [-0.05, 0) is 38.1 Å². The normalized spacial score (nSPS) is 15.5. The van der Waals surface area contributed by atoms with Gasteiger partial charge in [0.1, 0.15) is 5.75 Å². The molecule has 1 aromatic carbocycles. The van der Waals surface area contributed by atoms with Gasteiger partial charge in [0.25, 0.3) is 0 Å². The summed E-state index contributed by atoms with van der Waals surface area (Å²) in [7, 11) is 1.67. The molecular formula is C16H22N4OS2. The number of nitrogens with one attached hydrogen (secondary N) is 1. The van der Waals surface area contributed by atoms with Gasteiger partial charge < -0.3 is 15.0 Å². The first kappa shape index (κ1) is 16.5. The number of hydrogen-bond acceptors (Lipinski definition) is 7. The fraction of sp³-hybridized carbons (Fsp3) is 0.500. The molecule has 0 atom stereocenters. The molecule has 0 spiro atoms. The average molecular weight is 351 g/mol. The number of likely N-dealkylation sites (tertiary alicyclic amines) is 1. The van der Waals surface area contributed by atoms with Crippen LogP contribution in [0.4, 0.5) is 10.8 Å². The van der Waals surface area contributed by atoms with Crippen LogP contribution < -0.4 is 10.1 Å². The van der Waals surface area contributed by atoms with E-state index < -0.39 is 0 Å². The lowest BCUT2D eigenvalue weighted by atomic mass is 10.1. The van der Waals surface area contributed by atoms with Gasteiger partial charge in [0.2, 0.25) is 5.13 Å². The van der Waals surface area contributed by atoms with Gasteiger partial charge in [-0.15, -0.1) is 10.2 Å². The summed E-state index contributed by atoms with van der Waals surface area (Å²) in [5.74, 6) is 1.91. The van der Waals surface area contributed by atoms with Gasteiger partial charge in [0.05, 0.1) is 7.11 Å². The maximum atomic E-state index is 5.23. The van der Waals surface area contributed by atoms with E-state index in [1.165, 1.54) is 32.4 Å². The van der Waals surface area contributed by atoms with Crippen molar-refractivity contribution in [3.05, 3.63) is 24.3 Å². The second-order valence-corrected chi connectivity index (χ2v) is 7.80. The van der Waals surface area contributed by atoms with Crippen molar-refractivity contribution in [2.24, 2.45) is 0 Å². The Morgan fingerprint density at radius 3 is 2.96 bits per heavy atom. The van der Waals surface area contributed by atoms with Crippen molar-refractivity contribution in [2.75, 3.05) is 37.8 Å². The molecule has 23 heavy (non-hydrogen) atoms. The number of benzene rings is 1. The Bertz CT molecular complexity index is 614. The van der Waals surface area contributed by atoms with Crippen LogP contribution in [0.15, 0.2) is 28.6 Å². The molecule has 0 aliphatic carbocycles. The summed E-state index contributed by atoms with van der Waals surface area (Å²) in [5.41, 5.74) is 0.963. The summed E-state index contributed by atoms with van der Waals surface area (Å²) in [4.78, 5) is 2.55. The van der Waals surface area contributed by atoms with E-state index in [4.69, 9.17) is 4.74 Å². The van der Waals surface area contributed by atoms with Crippen LogP contribution in [0, 0.1) is 0 Å². The van der Waals surface area contributed by atoms with E-state index >= 15 is 0 Å². The Hall–Kier alpha value is -1.31. The van der Waals surface area contributed by atoms with Crippen LogP contribution in [0.2, 0.25) is 0 Å². The highest BCUT2D eigenvalue weighted by Gasteiger charge is 2.11. The molecule has 2 aromatic rings. The minimum atomic E-state index is 0.818. The average Bonchev–Trinajstić information content (AvgIpc) is 3.03. The first-order valence-electron chi connectivity index (χ1n) is 7.93. The van der Waals surface area contributed by atoms with E-state index in [2.05, 4.69) is 20.4 Å². The standard InChI is InChI=1S/C16H22N4OS2/c1-21-14-7-5-6-13(12-14)17-15-18-19-16(23-15)22-11-10-20-8-3-2-4-9-20/h5-7,12H,2-4,8-11H2,1H3,(H,17,18). The highest BCUT2D eigenvalue weighted by atomic mass is 32.2. The van der Waals surface area contributed by atoms with Gasteiger partial charge >= 0.3 is 0 Å². The quantitative estimate of drug-likeness (QED) is 0.765. The maximum Gasteiger partial charge on any atom is 0.210 e. The second-order valence-electron chi connectivity index (χ2n) is 5.48. The van der Waals surface area contributed by atoms with Crippen molar-refractivity contribution in [1.29, 1.82) is 0 Å².